The van der Waals surface area contributed by atoms with Gasteiger partial charge in [-0.1, -0.05) is 37.3 Å². The Morgan fingerprint density at radius 3 is 2.46 bits per heavy atom. The van der Waals surface area contributed by atoms with Crippen LogP contribution in [0.3, 0.4) is 0 Å². The summed E-state index contributed by atoms with van der Waals surface area (Å²) in [6, 6.07) is 11.9. The summed E-state index contributed by atoms with van der Waals surface area (Å²) in [5, 5.41) is 15.4. The van der Waals surface area contributed by atoms with Crippen LogP contribution in [0.15, 0.2) is 61.2 Å². The molecule has 0 aliphatic carbocycles. The lowest BCUT2D eigenvalue weighted by molar-refractivity contribution is -0.0111. The molecule has 0 radical (unpaired) electrons. The van der Waals surface area contributed by atoms with Crippen LogP contribution >= 0.6 is 0 Å². The van der Waals surface area contributed by atoms with Gasteiger partial charge in [0.2, 0.25) is 0 Å². The van der Waals surface area contributed by atoms with Gasteiger partial charge in [0, 0.05) is 11.5 Å². The molecule has 0 aliphatic rings. The molecule has 3 aromatic rings. The Kier molecular flexibility index (Phi) is 4.40. The highest BCUT2D eigenvalue weighted by Crippen LogP contribution is 2.39. The van der Waals surface area contributed by atoms with Crippen LogP contribution in [0.25, 0.3) is 0 Å². The molecule has 24 heavy (non-hydrogen) atoms. The number of halogens is 2. The average molecular weight is 329 g/mol. The lowest BCUT2D eigenvalue weighted by Crippen LogP contribution is -2.38. The summed E-state index contributed by atoms with van der Waals surface area (Å²) in [6.45, 7) is 1.79. The third-order valence-corrected chi connectivity index (χ3v) is 4.30. The van der Waals surface area contributed by atoms with Crippen molar-refractivity contribution in [3.8, 4) is 0 Å². The zero-order valence-corrected chi connectivity index (χ0v) is 13.1. The minimum Gasteiger partial charge on any atom is -0.382 e. The monoisotopic (exact) mass is 329 g/mol. The van der Waals surface area contributed by atoms with Gasteiger partial charge in [-0.15, -0.1) is 0 Å². The minimum atomic E-state index is -1.57. The van der Waals surface area contributed by atoms with Gasteiger partial charge in [-0.05, 0) is 23.8 Å². The van der Waals surface area contributed by atoms with Crippen LogP contribution in [-0.4, -0.2) is 19.9 Å². The van der Waals surface area contributed by atoms with Crippen molar-refractivity contribution >= 4 is 0 Å². The van der Waals surface area contributed by atoms with E-state index >= 15 is 0 Å². The van der Waals surface area contributed by atoms with E-state index in [9.17, 15) is 13.9 Å². The quantitative estimate of drug-likeness (QED) is 0.782. The molecule has 0 bridgehead atoms. The first kappa shape index (κ1) is 16.3. The second-order valence-corrected chi connectivity index (χ2v) is 5.77. The smallest absolute Gasteiger partial charge is 0.137 e. The molecule has 0 fully saturated rings. The van der Waals surface area contributed by atoms with Crippen molar-refractivity contribution in [1.82, 2.24) is 14.8 Å². The summed E-state index contributed by atoms with van der Waals surface area (Å²) in [7, 11) is 0. The lowest BCUT2D eigenvalue weighted by Gasteiger charge is -2.35. The Balaban J connectivity index is 2.07. The Hall–Kier alpha value is -2.60. The highest BCUT2D eigenvalue weighted by molar-refractivity contribution is 5.32. The van der Waals surface area contributed by atoms with E-state index in [1.807, 2.05) is 0 Å². The lowest BCUT2D eigenvalue weighted by atomic mass is 9.78. The van der Waals surface area contributed by atoms with E-state index < -0.39 is 17.3 Å². The molecule has 2 aromatic carbocycles. The van der Waals surface area contributed by atoms with Gasteiger partial charge < -0.3 is 5.11 Å². The second kappa shape index (κ2) is 6.49. The number of aliphatic hydroxyl groups is 1. The first-order valence-corrected chi connectivity index (χ1v) is 7.56. The third kappa shape index (κ3) is 3.05. The van der Waals surface area contributed by atoms with E-state index in [1.54, 1.807) is 37.3 Å². The molecule has 0 aliphatic heterocycles. The first-order valence-electron chi connectivity index (χ1n) is 7.56. The number of nitrogens with zero attached hydrogens (tertiary/aromatic N) is 3. The van der Waals surface area contributed by atoms with Crippen molar-refractivity contribution in [3.05, 3.63) is 83.9 Å². The average Bonchev–Trinajstić information content (AvgIpc) is 3.08. The van der Waals surface area contributed by atoms with Crippen LogP contribution < -0.4 is 0 Å². The summed E-state index contributed by atoms with van der Waals surface area (Å²) in [6.07, 6.45) is 2.81. The molecule has 2 unspecified atom stereocenters. The highest BCUT2D eigenvalue weighted by Gasteiger charge is 2.39. The summed E-state index contributed by atoms with van der Waals surface area (Å²) in [5.41, 5.74) is -0.712. The van der Waals surface area contributed by atoms with Crippen molar-refractivity contribution in [2.45, 2.75) is 25.0 Å². The predicted octanol–water partition coefficient (Wildman–Crippen LogP) is 3.25. The zero-order valence-electron chi connectivity index (χ0n) is 13.1. The molecule has 0 saturated carbocycles. The van der Waals surface area contributed by atoms with E-state index in [0.717, 1.165) is 0 Å². The minimum absolute atomic E-state index is 0.0203. The number of aromatic nitrogens is 3. The Bertz CT molecular complexity index is 805. The molecular formula is C18H17F2N3O. The second-order valence-electron chi connectivity index (χ2n) is 5.77. The number of hydrogen-bond acceptors (Lipinski definition) is 3. The van der Waals surface area contributed by atoms with Crippen LogP contribution in [0.5, 0.6) is 0 Å². The molecule has 4 nitrogen and oxygen atoms in total. The van der Waals surface area contributed by atoms with Crippen molar-refractivity contribution < 1.29 is 13.9 Å². The van der Waals surface area contributed by atoms with Gasteiger partial charge in [0.05, 0.1) is 6.54 Å². The van der Waals surface area contributed by atoms with E-state index in [4.69, 9.17) is 0 Å². The summed E-state index contributed by atoms with van der Waals surface area (Å²) in [5.74, 6) is -1.37. The Morgan fingerprint density at radius 2 is 1.83 bits per heavy atom. The molecule has 3 rings (SSSR count). The molecule has 1 N–H and O–H groups in total. The maximum absolute atomic E-state index is 14.4. The van der Waals surface area contributed by atoms with Gasteiger partial charge in [-0.2, -0.15) is 5.10 Å². The third-order valence-electron chi connectivity index (χ3n) is 4.30. The van der Waals surface area contributed by atoms with Crippen LogP contribution in [0, 0.1) is 11.6 Å². The summed E-state index contributed by atoms with van der Waals surface area (Å²) >= 11 is 0. The predicted molar refractivity (Wildman–Crippen MR) is 85.1 cm³/mol. The van der Waals surface area contributed by atoms with Crippen LogP contribution in [-0.2, 0) is 12.1 Å². The molecule has 0 spiro atoms. The fourth-order valence-electron chi connectivity index (χ4n) is 2.86. The van der Waals surface area contributed by atoms with Crippen LogP contribution in [0.4, 0.5) is 8.78 Å². The van der Waals surface area contributed by atoms with Crippen molar-refractivity contribution in [2.24, 2.45) is 0 Å². The molecule has 124 valence electrons. The summed E-state index contributed by atoms with van der Waals surface area (Å²) in [4.78, 5) is 3.86. The van der Waals surface area contributed by atoms with E-state index in [-0.39, 0.29) is 17.9 Å². The topological polar surface area (TPSA) is 50.9 Å². The SMILES string of the molecule is CC(c1ccc(F)cc1)C(O)(Cn1cncn1)c1ccccc1F. The number of hydrogen-bond donors (Lipinski definition) is 1. The maximum atomic E-state index is 14.4. The molecule has 0 saturated heterocycles. The largest absolute Gasteiger partial charge is 0.382 e. The fourth-order valence-corrected chi connectivity index (χ4v) is 2.86. The molecule has 2 atom stereocenters. The van der Waals surface area contributed by atoms with E-state index in [1.165, 1.54) is 35.5 Å². The zero-order chi connectivity index (χ0) is 17.2. The summed E-state index contributed by atoms with van der Waals surface area (Å²) < 4.78 is 29.0. The Morgan fingerprint density at radius 1 is 1.12 bits per heavy atom. The number of rotatable bonds is 5. The fraction of sp³-hybridized carbons (Fsp3) is 0.222. The van der Waals surface area contributed by atoms with Crippen molar-refractivity contribution in [3.63, 3.8) is 0 Å². The number of benzene rings is 2. The van der Waals surface area contributed by atoms with Crippen LogP contribution in [0.1, 0.15) is 24.0 Å². The van der Waals surface area contributed by atoms with Gasteiger partial charge >= 0.3 is 0 Å². The first-order chi connectivity index (χ1) is 11.5. The molecule has 1 aromatic heterocycles. The van der Waals surface area contributed by atoms with Crippen molar-refractivity contribution in [1.29, 1.82) is 0 Å². The Labute approximate surface area is 138 Å². The molecule has 1 heterocycles. The van der Waals surface area contributed by atoms with Gasteiger partial charge in [0.1, 0.15) is 29.9 Å². The van der Waals surface area contributed by atoms with E-state index in [0.29, 0.717) is 5.56 Å². The van der Waals surface area contributed by atoms with Gasteiger partial charge in [-0.25, -0.2) is 18.4 Å². The van der Waals surface area contributed by atoms with Gasteiger partial charge in [-0.3, -0.25) is 0 Å². The highest BCUT2D eigenvalue weighted by atomic mass is 19.1. The molecule has 0 amide bonds. The standard InChI is InChI=1S/C18H17F2N3O/c1-13(14-6-8-15(19)9-7-14)18(24,10-23-12-21-11-22-23)16-4-2-3-5-17(16)20/h2-9,11-13,24H,10H2,1H3. The van der Waals surface area contributed by atoms with Gasteiger partial charge in [0.15, 0.2) is 0 Å². The van der Waals surface area contributed by atoms with Gasteiger partial charge in [0.25, 0.3) is 0 Å². The maximum Gasteiger partial charge on any atom is 0.137 e. The van der Waals surface area contributed by atoms with Crippen molar-refractivity contribution in [2.75, 3.05) is 0 Å². The molecular weight excluding hydrogens is 312 g/mol. The normalized spacial score (nSPS) is 15.0. The van der Waals surface area contributed by atoms with Crippen LogP contribution in [0.2, 0.25) is 0 Å². The molecule has 6 heteroatoms. The van der Waals surface area contributed by atoms with E-state index in [2.05, 4.69) is 10.1 Å².